The molecule has 144 valence electrons. The van der Waals surface area contributed by atoms with Gasteiger partial charge in [0, 0.05) is 22.0 Å². The molecule has 28 heavy (non-hydrogen) atoms. The highest BCUT2D eigenvalue weighted by Gasteiger charge is 2.24. The summed E-state index contributed by atoms with van der Waals surface area (Å²) in [5.74, 6) is 0.525. The van der Waals surface area contributed by atoms with Crippen LogP contribution in [0.15, 0.2) is 82.6 Å². The number of rotatable bonds is 6. The predicted octanol–water partition coefficient (Wildman–Crippen LogP) is 5.89. The number of β-amino-alcohol motifs (C(OH)–C–C–N with tert-alkyl or cyclic N) is 1. The quantitative estimate of drug-likeness (QED) is 0.550. The van der Waals surface area contributed by atoms with Crippen LogP contribution < -0.4 is 10.2 Å². The SMILES string of the molecule is CC(C)c1ccc(NC[C@H](O)CN2c3ccccc3Sc3ccccc32)cc1. The maximum absolute atomic E-state index is 10.7. The lowest BCUT2D eigenvalue weighted by Gasteiger charge is -2.34. The molecule has 0 fully saturated rings. The first-order valence-corrected chi connectivity index (χ1v) is 10.6. The number of nitrogens with zero attached hydrogens (tertiary/aromatic N) is 1. The van der Waals surface area contributed by atoms with Crippen LogP contribution in [-0.4, -0.2) is 24.3 Å². The highest BCUT2D eigenvalue weighted by Crippen LogP contribution is 2.47. The summed E-state index contributed by atoms with van der Waals surface area (Å²) >= 11 is 1.79. The monoisotopic (exact) mass is 390 g/mol. The second-order valence-electron chi connectivity index (χ2n) is 7.46. The smallest absolute Gasteiger partial charge is 0.0891 e. The van der Waals surface area contributed by atoms with E-state index in [4.69, 9.17) is 0 Å². The van der Waals surface area contributed by atoms with E-state index in [-0.39, 0.29) is 0 Å². The third-order valence-corrected chi connectivity index (χ3v) is 6.17. The van der Waals surface area contributed by atoms with E-state index in [0.717, 1.165) is 17.1 Å². The minimum absolute atomic E-state index is 0.492. The first-order valence-electron chi connectivity index (χ1n) is 9.77. The van der Waals surface area contributed by atoms with Crippen LogP contribution in [0.25, 0.3) is 0 Å². The fourth-order valence-corrected chi connectivity index (χ4v) is 4.57. The Kier molecular flexibility index (Phi) is 5.60. The van der Waals surface area contributed by atoms with Crippen LogP contribution in [0.5, 0.6) is 0 Å². The van der Waals surface area contributed by atoms with Crippen molar-refractivity contribution in [1.82, 2.24) is 0 Å². The zero-order valence-electron chi connectivity index (χ0n) is 16.3. The van der Waals surface area contributed by atoms with Crippen molar-refractivity contribution in [1.29, 1.82) is 0 Å². The maximum Gasteiger partial charge on any atom is 0.0891 e. The number of anilines is 3. The molecule has 0 aromatic heterocycles. The Morgan fingerprint density at radius 1 is 0.857 bits per heavy atom. The number of benzene rings is 3. The molecule has 3 aromatic rings. The van der Waals surface area contributed by atoms with Gasteiger partial charge in [-0.3, -0.25) is 0 Å². The second-order valence-corrected chi connectivity index (χ2v) is 8.54. The molecule has 0 amide bonds. The molecule has 1 aliphatic heterocycles. The average molecular weight is 391 g/mol. The van der Waals surface area contributed by atoms with Gasteiger partial charge in [0.1, 0.15) is 0 Å². The van der Waals surface area contributed by atoms with E-state index >= 15 is 0 Å². The van der Waals surface area contributed by atoms with Crippen molar-refractivity contribution < 1.29 is 5.11 Å². The lowest BCUT2D eigenvalue weighted by molar-refractivity contribution is 0.195. The van der Waals surface area contributed by atoms with Crippen LogP contribution in [0.4, 0.5) is 17.1 Å². The van der Waals surface area contributed by atoms with Crippen LogP contribution in [-0.2, 0) is 0 Å². The highest BCUT2D eigenvalue weighted by atomic mass is 32.2. The molecule has 3 nitrogen and oxygen atoms in total. The minimum Gasteiger partial charge on any atom is -0.389 e. The van der Waals surface area contributed by atoms with Gasteiger partial charge in [0.2, 0.25) is 0 Å². The number of para-hydroxylation sites is 2. The average Bonchev–Trinajstić information content (AvgIpc) is 2.72. The number of aliphatic hydroxyl groups is 1. The van der Waals surface area contributed by atoms with Crippen LogP contribution in [0, 0.1) is 0 Å². The second kappa shape index (κ2) is 8.29. The summed E-state index contributed by atoms with van der Waals surface area (Å²) in [6.45, 7) is 5.44. The summed E-state index contributed by atoms with van der Waals surface area (Å²) in [6.07, 6.45) is -0.492. The number of nitrogens with one attached hydrogen (secondary N) is 1. The summed E-state index contributed by atoms with van der Waals surface area (Å²) in [5.41, 5.74) is 4.68. The van der Waals surface area contributed by atoms with Crippen molar-refractivity contribution >= 4 is 28.8 Å². The van der Waals surface area contributed by atoms with Gasteiger partial charge in [0.15, 0.2) is 0 Å². The molecule has 1 atom stereocenters. The molecular weight excluding hydrogens is 364 g/mol. The van der Waals surface area contributed by atoms with Crippen molar-refractivity contribution in [3.8, 4) is 0 Å². The summed E-state index contributed by atoms with van der Waals surface area (Å²) < 4.78 is 0. The Balaban J connectivity index is 1.46. The number of fused-ring (bicyclic) bond motifs is 2. The van der Waals surface area contributed by atoms with E-state index in [1.54, 1.807) is 11.8 Å². The Labute approximate surface area is 171 Å². The van der Waals surface area contributed by atoms with Gasteiger partial charge in [0.05, 0.1) is 24.0 Å². The lowest BCUT2D eigenvalue weighted by atomic mass is 10.0. The molecule has 0 saturated carbocycles. The molecular formula is C24H26N2OS. The van der Waals surface area contributed by atoms with Crippen LogP contribution in [0.1, 0.15) is 25.3 Å². The number of aliphatic hydroxyl groups excluding tert-OH is 1. The maximum atomic E-state index is 10.7. The predicted molar refractivity (Wildman–Crippen MR) is 119 cm³/mol. The molecule has 0 bridgehead atoms. The van der Waals surface area contributed by atoms with E-state index in [2.05, 4.69) is 96.9 Å². The molecule has 1 aliphatic rings. The van der Waals surface area contributed by atoms with Gasteiger partial charge in [-0.25, -0.2) is 0 Å². The summed E-state index contributed by atoms with van der Waals surface area (Å²) in [4.78, 5) is 4.69. The van der Waals surface area contributed by atoms with E-state index in [9.17, 15) is 5.11 Å². The van der Waals surface area contributed by atoms with Gasteiger partial charge >= 0.3 is 0 Å². The molecule has 1 heterocycles. The molecule has 4 rings (SSSR count). The standard InChI is InChI=1S/C24H26N2OS/c1-17(2)18-11-13-19(14-12-18)25-15-20(27)16-26-21-7-3-5-9-23(21)28-24-10-6-4-8-22(24)26/h3-14,17,20,25,27H,15-16H2,1-2H3/t20-/m0/s1. The first-order chi connectivity index (χ1) is 13.6. The van der Waals surface area contributed by atoms with Crippen LogP contribution in [0.3, 0.4) is 0 Å². The normalized spacial score (nSPS) is 13.8. The van der Waals surface area contributed by atoms with E-state index < -0.39 is 6.10 Å². The van der Waals surface area contributed by atoms with Crippen molar-refractivity contribution in [2.75, 3.05) is 23.3 Å². The molecule has 0 aliphatic carbocycles. The number of hydrogen-bond donors (Lipinski definition) is 2. The fourth-order valence-electron chi connectivity index (χ4n) is 3.47. The van der Waals surface area contributed by atoms with Crippen LogP contribution >= 0.6 is 11.8 Å². The van der Waals surface area contributed by atoms with Crippen molar-refractivity contribution in [3.05, 3.63) is 78.4 Å². The van der Waals surface area contributed by atoms with Crippen molar-refractivity contribution in [2.45, 2.75) is 35.7 Å². The third kappa shape index (κ3) is 4.03. The third-order valence-electron chi connectivity index (χ3n) is 5.04. The van der Waals surface area contributed by atoms with Crippen molar-refractivity contribution in [2.24, 2.45) is 0 Å². The Bertz CT molecular complexity index is 894. The largest absolute Gasteiger partial charge is 0.389 e. The zero-order valence-corrected chi connectivity index (χ0v) is 17.1. The molecule has 2 N–H and O–H groups in total. The number of hydrogen-bond acceptors (Lipinski definition) is 4. The van der Waals surface area contributed by atoms with Crippen LogP contribution in [0.2, 0.25) is 0 Å². The van der Waals surface area contributed by atoms with Gasteiger partial charge < -0.3 is 15.3 Å². The van der Waals surface area contributed by atoms with E-state index in [0.29, 0.717) is 19.0 Å². The Morgan fingerprint density at radius 2 is 1.43 bits per heavy atom. The zero-order chi connectivity index (χ0) is 19.5. The topological polar surface area (TPSA) is 35.5 Å². The highest BCUT2D eigenvalue weighted by molar-refractivity contribution is 7.99. The Hall–Kier alpha value is -2.43. The van der Waals surface area contributed by atoms with Gasteiger partial charge in [-0.1, -0.05) is 62.0 Å². The molecule has 0 radical (unpaired) electrons. The molecule has 0 saturated heterocycles. The van der Waals surface area contributed by atoms with E-state index in [1.165, 1.54) is 15.4 Å². The fraction of sp³-hybridized carbons (Fsp3) is 0.250. The first kappa shape index (κ1) is 18.9. The Morgan fingerprint density at radius 3 is 2.00 bits per heavy atom. The molecule has 4 heteroatoms. The molecule has 3 aromatic carbocycles. The van der Waals surface area contributed by atoms with E-state index in [1.807, 2.05) is 0 Å². The summed E-state index contributed by atoms with van der Waals surface area (Å²) in [5, 5.41) is 14.1. The van der Waals surface area contributed by atoms with Gasteiger partial charge in [0.25, 0.3) is 0 Å². The summed E-state index contributed by atoms with van der Waals surface area (Å²) in [7, 11) is 0. The van der Waals surface area contributed by atoms with Gasteiger partial charge in [-0.05, 0) is 47.9 Å². The lowest BCUT2D eigenvalue weighted by Crippen LogP contribution is -2.34. The summed E-state index contributed by atoms with van der Waals surface area (Å²) in [6, 6.07) is 25.3. The van der Waals surface area contributed by atoms with Crippen molar-refractivity contribution in [3.63, 3.8) is 0 Å². The minimum atomic E-state index is -0.492. The molecule has 0 unspecified atom stereocenters. The molecule has 0 spiro atoms. The van der Waals surface area contributed by atoms with Gasteiger partial charge in [-0.2, -0.15) is 0 Å². The van der Waals surface area contributed by atoms with Gasteiger partial charge in [-0.15, -0.1) is 0 Å².